The van der Waals surface area contributed by atoms with E-state index in [-0.39, 0.29) is 17.8 Å². The van der Waals surface area contributed by atoms with Crippen molar-refractivity contribution < 1.29 is 19.4 Å². The number of nitrogens with two attached hydrogens (primary N) is 1. The molecule has 2 unspecified atom stereocenters. The fraction of sp³-hybridized carbons (Fsp3) is 0.235. The van der Waals surface area contributed by atoms with Gasteiger partial charge in [-0.1, -0.05) is 35.3 Å². The second kappa shape index (κ2) is 7.74. The average Bonchev–Trinajstić information content (AvgIpc) is 3.04. The van der Waals surface area contributed by atoms with Gasteiger partial charge >= 0.3 is 5.97 Å². The lowest BCUT2D eigenvalue weighted by Gasteiger charge is -2.20. The van der Waals surface area contributed by atoms with Crippen LogP contribution in [-0.2, 0) is 4.79 Å². The number of aliphatic carboxylic acids is 1. The first-order chi connectivity index (χ1) is 12.0. The Bertz CT molecular complexity index is 802. The molecule has 3 rings (SSSR count). The molecule has 25 heavy (non-hydrogen) atoms. The number of hydrogen-bond donors (Lipinski definition) is 2. The highest BCUT2D eigenvalue weighted by molar-refractivity contribution is 7.99. The molecule has 8 heteroatoms. The van der Waals surface area contributed by atoms with Crippen molar-refractivity contribution in [2.45, 2.75) is 11.3 Å². The van der Waals surface area contributed by atoms with Crippen molar-refractivity contribution in [2.75, 3.05) is 12.5 Å². The van der Waals surface area contributed by atoms with E-state index in [0.29, 0.717) is 21.5 Å². The van der Waals surface area contributed by atoms with Crippen LogP contribution in [0.5, 0.6) is 11.5 Å². The highest BCUT2D eigenvalue weighted by atomic mass is 35.5. The van der Waals surface area contributed by atoms with Gasteiger partial charge in [-0.3, -0.25) is 4.79 Å². The van der Waals surface area contributed by atoms with Gasteiger partial charge in [-0.15, -0.1) is 11.8 Å². The Balaban J connectivity index is 1.95. The maximum Gasteiger partial charge on any atom is 0.321 e. The largest absolute Gasteiger partial charge is 0.480 e. The van der Waals surface area contributed by atoms with Crippen LogP contribution >= 0.6 is 35.0 Å². The molecule has 0 radical (unpaired) electrons. The molecule has 2 aromatic rings. The molecule has 0 spiro atoms. The summed E-state index contributed by atoms with van der Waals surface area (Å²) in [5.74, 6) is 0.514. The van der Waals surface area contributed by atoms with Crippen molar-refractivity contribution >= 4 is 40.9 Å². The third-order valence-electron chi connectivity index (χ3n) is 3.70. The molecule has 2 aromatic carbocycles. The summed E-state index contributed by atoms with van der Waals surface area (Å²) in [6.07, 6.45) is 0. The third-order valence-corrected chi connectivity index (χ3v) is 5.68. The van der Waals surface area contributed by atoms with Gasteiger partial charge in [0.25, 0.3) is 0 Å². The molecular formula is C17H15Cl2NO4S. The highest BCUT2D eigenvalue weighted by Crippen LogP contribution is 2.43. The summed E-state index contributed by atoms with van der Waals surface area (Å²) < 4.78 is 10.8. The Morgan fingerprint density at radius 1 is 1.20 bits per heavy atom. The molecule has 0 bridgehead atoms. The quantitative estimate of drug-likeness (QED) is 0.764. The van der Waals surface area contributed by atoms with Crippen molar-refractivity contribution in [3.05, 3.63) is 57.6 Å². The van der Waals surface area contributed by atoms with E-state index in [0.717, 1.165) is 11.1 Å². The SMILES string of the molecule is NC(CSC(c1ccc2c(c1)OCO2)c1ccc(Cl)cc1Cl)C(=O)O. The first kappa shape index (κ1) is 18.2. The fourth-order valence-corrected chi connectivity index (χ4v) is 4.28. The zero-order chi connectivity index (χ0) is 18.0. The lowest BCUT2D eigenvalue weighted by molar-refractivity contribution is -0.137. The molecule has 3 N–H and O–H groups in total. The second-order valence-electron chi connectivity index (χ2n) is 5.44. The van der Waals surface area contributed by atoms with E-state index >= 15 is 0 Å². The van der Waals surface area contributed by atoms with E-state index in [9.17, 15) is 4.79 Å². The van der Waals surface area contributed by atoms with Gasteiger partial charge in [0, 0.05) is 15.8 Å². The van der Waals surface area contributed by atoms with Gasteiger partial charge in [0.2, 0.25) is 6.79 Å². The third kappa shape index (κ3) is 4.15. The molecular weight excluding hydrogens is 385 g/mol. The number of hydrogen-bond acceptors (Lipinski definition) is 5. The van der Waals surface area contributed by atoms with Crippen LogP contribution in [0.15, 0.2) is 36.4 Å². The lowest BCUT2D eigenvalue weighted by atomic mass is 10.0. The molecule has 0 fully saturated rings. The molecule has 0 saturated carbocycles. The zero-order valence-electron chi connectivity index (χ0n) is 12.9. The number of benzene rings is 2. The number of thioether (sulfide) groups is 1. The van der Waals surface area contributed by atoms with Gasteiger partial charge in [-0.25, -0.2) is 0 Å². The second-order valence-corrected chi connectivity index (χ2v) is 7.42. The predicted molar refractivity (Wildman–Crippen MR) is 98.9 cm³/mol. The summed E-state index contributed by atoms with van der Waals surface area (Å²) in [5, 5.41) is 9.86. The maximum atomic E-state index is 11.0. The molecule has 5 nitrogen and oxygen atoms in total. The number of ether oxygens (including phenoxy) is 2. The summed E-state index contributed by atoms with van der Waals surface area (Å²) in [6.45, 7) is 0.183. The molecule has 0 aromatic heterocycles. The lowest BCUT2D eigenvalue weighted by Crippen LogP contribution is -2.32. The number of carboxylic acids is 1. The van der Waals surface area contributed by atoms with Crippen molar-refractivity contribution in [2.24, 2.45) is 5.73 Å². The van der Waals surface area contributed by atoms with E-state index < -0.39 is 12.0 Å². The molecule has 0 saturated heterocycles. The molecule has 132 valence electrons. The Kier molecular flexibility index (Phi) is 5.64. The van der Waals surface area contributed by atoms with Gasteiger partial charge < -0.3 is 20.3 Å². The molecule has 1 aliphatic rings. The molecule has 0 aliphatic carbocycles. The molecule has 1 heterocycles. The number of halogens is 2. The number of rotatable bonds is 6. The average molecular weight is 400 g/mol. The van der Waals surface area contributed by atoms with Crippen LogP contribution in [0, 0.1) is 0 Å². The zero-order valence-corrected chi connectivity index (χ0v) is 15.3. The van der Waals surface area contributed by atoms with Crippen LogP contribution in [0.2, 0.25) is 10.0 Å². The fourth-order valence-electron chi connectivity index (χ4n) is 2.43. The summed E-state index contributed by atoms with van der Waals surface area (Å²) in [7, 11) is 0. The maximum absolute atomic E-state index is 11.0. The molecule has 1 aliphatic heterocycles. The van der Waals surface area contributed by atoms with E-state index in [1.54, 1.807) is 12.1 Å². The van der Waals surface area contributed by atoms with Gasteiger partial charge in [-0.2, -0.15) is 0 Å². The first-order valence-electron chi connectivity index (χ1n) is 7.40. The minimum atomic E-state index is -1.04. The smallest absolute Gasteiger partial charge is 0.321 e. The summed E-state index contributed by atoms with van der Waals surface area (Å²) >= 11 is 13.8. The van der Waals surface area contributed by atoms with Crippen molar-refractivity contribution in [1.82, 2.24) is 0 Å². The van der Waals surface area contributed by atoms with Gasteiger partial charge in [0.15, 0.2) is 11.5 Å². The van der Waals surface area contributed by atoms with E-state index in [1.807, 2.05) is 24.3 Å². The minimum Gasteiger partial charge on any atom is -0.480 e. The van der Waals surface area contributed by atoms with Crippen LogP contribution in [0.25, 0.3) is 0 Å². The van der Waals surface area contributed by atoms with E-state index in [2.05, 4.69) is 0 Å². The van der Waals surface area contributed by atoms with Crippen LogP contribution in [0.1, 0.15) is 16.4 Å². The molecule has 0 amide bonds. The topological polar surface area (TPSA) is 81.8 Å². The Morgan fingerprint density at radius 2 is 1.96 bits per heavy atom. The summed E-state index contributed by atoms with van der Waals surface area (Å²) in [4.78, 5) is 11.0. The van der Waals surface area contributed by atoms with Gasteiger partial charge in [0.1, 0.15) is 6.04 Å². The van der Waals surface area contributed by atoms with Crippen LogP contribution in [0.3, 0.4) is 0 Å². The van der Waals surface area contributed by atoms with Crippen molar-refractivity contribution in [3.8, 4) is 11.5 Å². The van der Waals surface area contributed by atoms with Crippen LogP contribution in [0.4, 0.5) is 0 Å². The van der Waals surface area contributed by atoms with E-state index in [4.69, 9.17) is 43.5 Å². The van der Waals surface area contributed by atoms with E-state index in [1.165, 1.54) is 11.8 Å². The summed E-state index contributed by atoms with van der Waals surface area (Å²) in [6, 6.07) is 9.88. The van der Waals surface area contributed by atoms with Crippen molar-refractivity contribution in [3.63, 3.8) is 0 Å². The van der Waals surface area contributed by atoms with Crippen molar-refractivity contribution in [1.29, 1.82) is 0 Å². The summed E-state index contributed by atoms with van der Waals surface area (Å²) in [5.41, 5.74) is 7.39. The Hall–Kier alpha value is -1.60. The monoisotopic (exact) mass is 399 g/mol. The Morgan fingerprint density at radius 3 is 2.68 bits per heavy atom. The number of carboxylic acid groups (broad SMARTS) is 1. The minimum absolute atomic E-state index is 0.183. The van der Waals surface area contributed by atoms with Crippen LogP contribution < -0.4 is 15.2 Å². The van der Waals surface area contributed by atoms with Gasteiger partial charge in [-0.05, 0) is 35.4 Å². The number of carbonyl (C=O) groups is 1. The number of fused-ring (bicyclic) bond motifs is 1. The Labute approximate surface area is 159 Å². The predicted octanol–water partition coefficient (Wildman–Crippen LogP) is 3.96. The highest BCUT2D eigenvalue weighted by Gasteiger charge is 2.24. The first-order valence-corrected chi connectivity index (χ1v) is 9.20. The van der Waals surface area contributed by atoms with Crippen LogP contribution in [-0.4, -0.2) is 29.7 Å². The molecule has 2 atom stereocenters. The normalized spacial score (nSPS) is 15.0. The van der Waals surface area contributed by atoms with Gasteiger partial charge in [0.05, 0.1) is 5.25 Å². The standard InChI is InChI=1S/C17H15Cl2NO4S/c18-10-2-3-11(12(19)6-10)16(25-7-13(20)17(21)22)9-1-4-14-15(5-9)24-8-23-14/h1-6,13,16H,7-8,20H2,(H,21,22).